The largest absolute Gasteiger partial charge is 0.395 e. The van der Waals surface area contributed by atoms with Gasteiger partial charge in [-0.25, -0.2) is 0 Å². The Balaban J connectivity index is 2.58. The molecule has 0 fully saturated rings. The van der Waals surface area contributed by atoms with Gasteiger partial charge in [0.2, 0.25) is 5.91 Å². The second-order valence-corrected chi connectivity index (χ2v) is 4.64. The van der Waals surface area contributed by atoms with Gasteiger partial charge in [0.15, 0.2) is 0 Å². The highest BCUT2D eigenvalue weighted by atomic mass is 16.5. The van der Waals surface area contributed by atoms with Crippen molar-refractivity contribution in [3.8, 4) is 11.8 Å². The van der Waals surface area contributed by atoms with Crippen LogP contribution in [0.3, 0.4) is 0 Å². The summed E-state index contributed by atoms with van der Waals surface area (Å²) in [5.74, 6) is 5.86. The molecule has 114 valence electrons. The van der Waals surface area contributed by atoms with Crippen LogP contribution in [-0.2, 0) is 9.53 Å². The Labute approximate surface area is 126 Å². The molecule has 4 nitrogen and oxygen atoms in total. The van der Waals surface area contributed by atoms with Gasteiger partial charge in [-0.15, -0.1) is 0 Å². The summed E-state index contributed by atoms with van der Waals surface area (Å²) in [5.41, 5.74) is 1.90. The molecule has 0 radical (unpaired) electrons. The monoisotopic (exact) mass is 289 g/mol. The number of benzene rings is 1. The molecule has 1 atom stereocenters. The van der Waals surface area contributed by atoms with Crippen LogP contribution >= 0.6 is 0 Å². The Kier molecular flexibility index (Phi) is 8.18. The minimum atomic E-state index is -0.0706. The SMILES string of the molecule is CCOCCC(=O)NC(C)c1cccc(C#CCCO)c1. The quantitative estimate of drug-likeness (QED) is 0.596. The molecule has 4 heteroatoms. The van der Waals surface area contributed by atoms with Crippen LogP contribution in [-0.4, -0.2) is 30.8 Å². The standard InChI is InChI=1S/C17H23NO3/c1-3-21-12-10-17(20)18-14(2)16-9-6-8-15(13-16)7-4-5-11-19/h6,8-9,13-14,19H,3,5,10-12H2,1-2H3,(H,18,20). The van der Waals surface area contributed by atoms with Gasteiger partial charge in [-0.3, -0.25) is 4.79 Å². The Bertz CT molecular complexity index is 502. The van der Waals surface area contributed by atoms with E-state index in [2.05, 4.69) is 17.2 Å². The summed E-state index contributed by atoms with van der Waals surface area (Å²) >= 11 is 0. The summed E-state index contributed by atoms with van der Waals surface area (Å²) in [6.07, 6.45) is 0.835. The maximum atomic E-state index is 11.8. The van der Waals surface area contributed by atoms with E-state index >= 15 is 0 Å². The molecular formula is C17H23NO3. The molecule has 21 heavy (non-hydrogen) atoms. The van der Waals surface area contributed by atoms with Crippen molar-refractivity contribution in [1.82, 2.24) is 5.32 Å². The Morgan fingerprint density at radius 3 is 3.00 bits per heavy atom. The zero-order chi connectivity index (χ0) is 15.5. The van der Waals surface area contributed by atoms with Crippen molar-refractivity contribution in [2.24, 2.45) is 0 Å². The highest BCUT2D eigenvalue weighted by molar-refractivity contribution is 5.76. The molecule has 0 saturated heterocycles. The normalized spacial score (nSPS) is 11.4. The lowest BCUT2D eigenvalue weighted by molar-refractivity contribution is -0.122. The molecule has 0 aromatic heterocycles. The van der Waals surface area contributed by atoms with Crippen molar-refractivity contribution >= 4 is 5.91 Å². The molecule has 0 heterocycles. The van der Waals surface area contributed by atoms with Crippen LogP contribution < -0.4 is 5.32 Å². The number of carbonyl (C=O) groups is 1. The number of rotatable bonds is 7. The highest BCUT2D eigenvalue weighted by Gasteiger charge is 2.09. The van der Waals surface area contributed by atoms with Gasteiger partial charge in [-0.05, 0) is 31.5 Å². The molecular weight excluding hydrogens is 266 g/mol. The summed E-state index contributed by atoms with van der Waals surface area (Å²) in [6.45, 7) is 4.99. The number of carbonyl (C=O) groups excluding carboxylic acids is 1. The number of nitrogens with one attached hydrogen (secondary N) is 1. The zero-order valence-corrected chi connectivity index (χ0v) is 12.7. The third-order valence-corrected chi connectivity index (χ3v) is 2.91. The highest BCUT2D eigenvalue weighted by Crippen LogP contribution is 2.14. The average molecular weight is 289 g/mol. The molecule has 0 aliphatic rings. The Morgan fingerprint density at radius 2 is 2.29 bits per heavy atom. The lowest BCUT2D eigenvalue weighted by Crippen LogP contribution is -2.27. The molecule has 2 N–H and O–H groups in total. The van der Waals surface area contributed by atoms with E-state index in [4.69, 9.17) is 9.84 Å². The summed E-state index contributed by atoms with van der Waals surface area (Å²) in [6, 6.07) is 7.68. The summed E-state index contributed by atoms with van der Waals surface area (Å²) < 4.78 is 5.17. The van der Waals surface area contributed by atoms with E-state index in [0.717, 1.165) is 11.1 Å². The molecule has 1 aromatic carbocycles. The number of hydrogen-bond donors (Lipinski definition) is 2. The van der Waals surface area contributed by atoms with Crippen LogP contribution in [0.1, 0.15) is 43.9 Å². The lowest BCUT2D eigenvalue weighted by atomic mass is 10.1. The van der Waals surface area contributed by atoms with Gasteiger partial charge < -0.3 is 15.2 Å². The van der Waals surface area contributed by atoms with Gasteiger partial charge in [0.05, 0.1) is 19.3 Å². The van der Waals surface area contributed by atoms with Crippen LogP contribution in [0.15, 0.2) is 24.3 Å². The van der Waals surface area contributed by atoms with Gasteiger partial charge in [0.25, 0.3) is 0 Å². The molecule has 1 amide bonds. The first kappa shape index (κ1) is 17.2. The molecule has 1 aromatic rings. The molecule has 0 saturated carbocycles. The zero-order valence-electron chi connectivity index (χ0n) is 12.7. The van der Waals surface area contributed by atoms with E-state index in [0.29, 0.717) is 26.1 Å². The summed E-state index contributed by atoms with van der Waals surface area (Å²) in [5, 5.41) is 11.7. The van der Waals surface area contributed by atoms with E-state index in [-0.39, 0.29) is 18.6 Å². The Hall–Kier alpha value is -1.83. The molecule has 0 aliphatic carbocycles. The van der Waals surface area contributed by atoms with Gasteiger partial charge >= 0.3 is 0 Å². The van der Waals surface area contributed by atoms with E-state index in [1.54, 1.807) is 0 Å². The van der Waals surface area contributed by atoms with Crippen LogP contribution in [0.2, 0.25) is 0 Å². The molecule has 0 spiro atoms. The van der Waals surface area contributed by atoms with Crippen LogP contribution in [0.4, 0.5) is 0 Å². The van der Waals surface area contributed by atoms with Gasteiger partial charge in [0.1, 0.15) is 0 Å². The maximum absolute atomic E-state index is 11.8. The first-order valence-corrected chi connectivity index (χ1v) is 7.24. The fourth-order valence-electron chi connectivity index (χ4n) is 1.81. The minimum absolute atomic E-state index is 0.0206. The first-order valence-electron chi connectivity index (χ1n) is 7.24. The second kappa shape index (κ2) is 9.98. The van der Waals surface area contributed by atoms with Crippen LogP contribution in [0, 0.1) is 11.8 Å². The van der Waals surface area contributed by atoms with Crippen molar-refractivity contribution in [1.29, 1.82) is 0 Å². The molecule has 1 unspecified atom stereocenters. The molecule has 0 aliphatic heterocycles. The smallest absolute Gasteiger partial charge is 0.222 e. The minimum Gasteiger partial charge on any atom is -0.395 e. The third kappa shape index (κ3) is 6.94. The lowest BCUT2D eigenvalue weighted by Gasteiger charge is -2.14. The van der Waals surface area contributed by atoms with Gasteiger partial charge in [-0.1, -0.05) is 24.0 Å². The van der Waals surface area contributed by atoms with Crippen molar-refractivity contribution in [3.63, 3.8) is 0 Å². The fourth-order valence-corrected chi connectivity index (χ4v) is 1.81. The Morgan fingerprint density at radius 1 is 1.48 bits per heavy atom. The van der Waals surface area contributed by atoms with Gasteiger partial charge in [-0.2, -0.15) is 0 Å². The van der Waals surface area contributed by atoms with E-state index < -0.39 is 0 Å². The third-order valence-electron chi connectivity index (χ3n) is 2.91. The average Bonchev–Trinajstić information content (AvgIpc) is 2.48. The van der Waals surface area contributed by atoms with Crippen molar-refractivity contribution < 1.29 is 14.6 Å². The second-order valence-electron chi connectivity index (χ2n) is 4.64. The van der Waals surface area contributed by atoms with Crippen molar-refractivity contribution in [2.45, 2.75) is 32.7 Å². The van der Waals surface area contributed by atoms with E-state index in [1.165, 1.54) is 0 Å². The number of aliphatic hydroxyl groups excluding tert-OH is 1. The maximum Gasteiger partial charge on any atom is 0.222 e. The summed E-state index contributed by atoms with van der Waals surface area (Å²) in [4.78, 5) is 11.8. The number of amides is 1. The predicted octanol–water partition coefficient (Wildman–Crippen LogP) is 2.02. The van der Waals surface area contributed by atoms with Crippen LogP contribution in [0.5, 0.6) is 0 Å². The first-order chi connectivity index (χ1) is 10.2. The fraction of sp³-hybridized carbons (Fsp3) is 0.471. The molecule has 0 bridgehead atoms. The predicted molar refractivity (Wildman–Crippen MR) is 82.7 cm³/mol. The van der Waals surface area contributed by atoms with Crippen molar-refractivity contribution in [3.05, 3.63) is 35.4 Å². The molecule has 1 rings (SSSR count). The number of hydrogen-bond acceptors (Lipinski definition) is 3. The van der Waals surface area contributed by atoms with Crippen LogP contribution in [0.25, 0.3) is 0 Å². The van der Waals surface area contributed by atoms with E-state index in [9.17, 15) is 4.79 Å². The van der Waals surface area contributed by atoms with Crippen molar-refractivity contribution in [2.75, 3.05) is 19.8 Å². The van der Waals surface area contributed by atoms with Gasteiger partial charge in [0, 0.05) is 25.0 Å². The number of aliphatic hydroxyl groups is 1. The topological polar surface area (TPSA) is 58.6 Å². The number of ether oxygens (including phenoxy) is 1. The van der Waals surface area contributed by atoms with E-state index in [1.807, 2.05) is 38.1 Å². The summed E-state index contributed by atoms with van der Waals surface area (Å²) in [7, 11) is 0.